The standard InChI is InChI=1S/C21H32N6O2.HI/c1-16-13-24-27(14-16)8-5-7-23-21(22-2)25-17-6-9-26(15-17)18-10-19(28-3)12-20(11-18)29-4;/h10-14,17H,5-9,15H2,1-4H3,(H2,22,23,25);1H. The average Bonchev–Trinajstić information content (AvgIpc) is 3.38. The Hall–Kier alpha value is -2.17. The summed E-state index contributed by atoms with van der Waals surface area (Å²) in [5.74, 6) is 2.46. The molecule has 0 aliphatic carbocycles. The SMILES string of the molecule is CN=C(NCCCn1cc(C)cn1)NC1CCN(c2cc(OC)cc(OC)c2)C1.I. The molecule has 1 aromatic heterocycles. The number of ether oxygens (including phenoxy) is 2. The highest BCUT2D eigenvalue weighted by atomic mass is 127. The van der Waals surface area contributed by atoms with Gasteiger partial charge in [0.15, 0.2) is 5.96 Å². The van der Waals surface area contributed by atoms with Crippen LogP contribution in [-0.2, 0) is 6.54 Å². The zero-order chi connectivity index (χ0) is 20.6. The Morgan fingerprint density at radius 3 is 2.57 bits per heavy atom. The molecule has 1 unspecified atom stereocenters. The van der Waals surface area contributed by atoms with Crippen molar-refractivity contribution in [2.45, 2.75) is 32.4 Å². The van der Waals surface area contributed by atoms with E-state index in [0.29, 0.717) is 6.04 Å². The van der Waals surface area contributed by atoms with Crippen molar-refractivity contribution in [3.63, 3.8) is 0 Å². The van der Waals surface area contributed by atoms with Gasteiger partial charge in [-0.05, 0) is 25.3 Å². The number of nitrogens with one attached hydrogen (secondary N) is 2. The average molecular weight is 528 g/mol. The Balaban J connectivity index is 0.00000320. The van der Waals surface area contributed by atoms with Crippen LogP contribution >= 0.6 is 24.0 Å². The van der Waals surface area contributed by atoms with E-state index in [-0.39, 0.29) is 24.0 Å². The predicted molar refractivity (Wildman–Crippen MR) is 132 cm³/mol. The largest absolute Gasteiger partial charge is 0.497 e. The van der Waals surface area contributed by atoms with Crippen LogP contribution in [0.5, 0.6) is 11.5 Å². The van der Waals surface area contributed by atoms with Crippen molar-refractivity contribution in [3.05, 3.63) is 36.2 Å². The molecule has 0 amide bonds. The van der Waals surface area contributed by atoms with Crippen molar-refractivity contribution in [1.82, 2.24) is 20.4 Å². The van der Waals surface area contributed by atoms with Crippen molar-refractivity contribution in [2.24, 2.45) is 4.99 Å². The summed E-state index contributed by atoms with van der Waals surface area (Å²) in [6, 6.07) is 6.34. The van der Waals surface area contributed by atoms with Crippen molar-refractivity contribution in [3.8, 4) is 11.5 Å². The first-order valence-electron chi connectivity index (χ1n) is 10.1. The summed E-state index contributed by atoms with van der Waals surface area (Å²) in [6.07, 6.45) is 5.99. The van der Waals surface area contributed by atoms with Crippen LogP contribution in [0.4, 0.5) is 5.69 Å². The molecule has 9 heteroatoms. The van der Waals surface area contributed by atoms with E-state index in [2.05, 4.69) is 50.9 Å². The zero-order valence-corrected chi connectivity index (χ0v) is 20.6. The topological polar surface area (TPSA) is 75.9 Å². The minimum Gasteiger partial charge on any atom is -0.497 e. The van der Waals surface area contributed by atoms with Gasteiger partial charge in [0.25, 0.3) is 0 Å². The van der Waals surface area contributed by atoms with Crippen molar-refractivity contribution >= 4 is 35.6 Å². The second kappa shape index (κ2) is 11.9. The number of guanidine groups is 1. The lowest BCUT2D eigenvalue weighted by molar-refractivity contribution is 0.394. The fourth-order valence-corrected chi connectivity index (χ4v) is 3.51. The number of aryl methyl sites for hydroxylation is 2. The Bertz CT molecular complexity index is 803. The van der Waals surface area contributed by atoms with Gasteiger partial charge in [-0.25, -0.2) is 0 Å². The van der Waals surface area contributed by atoms with Crippen LogP contribution in [0.3, 0.4) is 0 Å². The summed E-state index contributed by atoms with van der Waals surface area (Å²) in [5.41, 5.74) is 2.30. The fourth-order valence-electron chi connectivity index (χ4n) is 3.51. The molecule has 8 nitrogen and oxygen atoms in total. The van der Waals surface area contributed by atoms with E-state index in [1.54, 1.807) is 14.2 Å². The normalized spacial score (nSPS) is 16.2. The third-order valence-electron chi connectivity index (χ3n) is 5.07. The molecule has 1 saturated heterocycles. The Morgan fingerprint density at radius 1 is 1.23 bits per heavy atom. The molecule has 0 bridgehead atoms. The van der Waals surface area contributed by atoms with E-state index in [1.165, 1.54) is 5.56 Å². The van der Waals surface area contributed by atoms with Crippen LogP contribution in [0.15, 0.2) is 35.6 Å². The second-order valence-electron chi connectivity index (χ2n) is 7.28. The van der Waals surface area contributed by atoms with E-state index in [1.807, 2.05) is 24.0 Å². The number of benzene rings is 1. The van der Waals surface area contributed by atoms with Gasteiger partial charge in [0.2, 0.25) is 0 Å². The van der Waals surface area contributed by atoms with E-state index in [4.69, 9.17) is 9.47 Å². The zero-order valence-electron chi connectivity index (χ0n) is 18.2. The lowest BCUT2D eigenvalue weighted by atomic mass is 10.2. The van der Waals surface area contributed by atoms with Gasteiger partial charge < -0.3 is 25.0 Å². The molecule has 1 aromatic carbocycles. The molecule has 3 rings (SSSR count). The van der Waals surface area contributed by atoms with E-state index in [9.17, 15) is 0 Å². The Morgan fingerprint density at radius 2 is 1.97 bits per heavy atom. The van der Waals surface area contributed by atoms with E-state index < -0.39 is 0 Å². The molecule has 30 heavy (non-hydrogen) atoms. The first kappa shape index (κ1) is 24.1. The summed E-state index contributed by atoms with van der Waals surface area (Å²) in [5, 5.41) is 11.3. The number of methoxy groups -OCH3 is 2. The molecule has 2 N–H and O–H groups in total. The summed E-state index contributed by atoms with van der Waals surface area (Å²) < 4.78 is 12.8. The number of hydrogen-bond acceptors (Lipinski definition) is 5. The first-order chi connectivity index (χ1) is 14.1. The van der Waals surface area contributed by atoms with Crippen molar-refractivity contribution in [1.29, 1.82) is 0 Å². The molecular formula is C21H33IN6O2. The van der Waals surface area contributed by atoms with Gasteiger partial charge in [-0.1, -0.05) is 0 Å². The molecule has 2 heterocycles. The summed E-state index contributed by atoms with van der Waals surface area (Å²) in [4.78, 5) is 6.71. The molecule has 2 aromatic rings. The highest BCUT2D eigenvalue weighted by Crippen LogP contribution is 2.30. The van der Waals surface area contributed by atoms with Gasteiger partial charge in [0.05, 0.1) is 20.4 Å². The summed E-state index contributed by atoms with van der Waals surface area (Å²) >= 11 is 0. The Kier molecular flexibility index (Phi) is 9.54. The molecule has 166 valence electrons. The number of nitrogens with zero attached hydrogens (tertiary/aromatic N) is 4. The lowest BCUT2D eigenvalue weighted by Crippen LogP contribution is -2.45. The van der Waals surface area contributed by atoms with Crippen LogP contribution < -0.4 is 25.0 Å². The highest BCUT2D eigenvalue weighted by molar-refractivity contribution is 14.0. The van der Waals surface area contributed by atoms with Crippen LogP contribution in [-0.4, -0.2) is 62.7 Å². The maximum atomic E-state index is 5.40. The third kappa shape index (κ3) is 6.68. The number of anilines is 1. The number of aromatic nitrogens is 2. The van der Waals surface area contributed by atoms with Gasteiger partial charge in [-0.15, -0.1) is 24.0 Å². The highest BCUT2D eigenvalue weighted by Gasteiger charge is 2.24. The molecular weight excluding hydrogens is 495 g/mol. The minimum atomic E-state index is 0. The molecule has 0 spiro atoms. The number of rotatable bonds is 8. The lowest BCUT2D eigenvalue weighted by Gasteiger charge is -2.21. The second-order valence-corrected chi connectivity index (χ2v) is 7.28. The molecule has 1 fully saturated rings. The van der Waals surface area contributed by atoms with E-state index in [0.717, 1.165) is 62.2 Å². The molecule has 1 aliphatic heterocycles. The molecule has 1 aliphatic rings. The summed E-state index contributed by atoms with van der Waals surface area (Å²) in [6.45, 7) is 5.68. The third-order valence-corrected chi connectivity index (χ3v) is 5.07. The van der Waals surface area contributed by atoms with Crippen molar-refractivity contribution < 1.29 is 9.47 Å². The van der Waals surface area contributed by atoms with Crippen LogP contribution in [0, 0.1) is 6.92 Å². The number of halogens is 1. The van der Waals surface area contributed by atoms with Gasteiger partial charge in [0.1, 0.15) is 11.5 Å². The Labute approximate surface area is 196 Å². The van der Waals surface area contributed by atoms with Crippen LogP contribution in [0.1, 0.15) is 18.4 Å². The van der Waals surface area contributed by atoms with Gasteiger partial charge in [-0.3, -0.25) is 9.67 Å². The van der Waals surface area contributed by atoms with Gasteiger partial charge >= 0.3 is 0 Å². The van der Waals surface area contributed by atoms with E-state index >= 15 is 0 Å². The summed E-state index contributed by atoms with van der Waals surface area (Å²) in [7, 11) is 5.16. The smallest absolute Gasteiger partial charge is 0.191 e. The quantitative estimate of drug-likeness (QED) is 0.238. The van der Waals surface area contributed by atoms with Gasteiger partial charge in [0, 0.05) is 69.4 Å². The minimum absolute atomic E-state index is 0. The fraction of sp³-hybridized carbons (Fsp3) is 0.524. The van der Waals surface area contributed by atoms with Crippen LogP contribution in [0.25, 0.3) is 0 Å². The maximum absolute atomic E-state index is 5.40. The van der Waals surface area contributed by atoms with Crippen LogP contribution in [0.2, 0.25) is 0 Å². The number of hydrogen-bond donors (Lipinski definition) is 2. The van der Waals surface area contributed by atoms with Crippen molar-refractivity contribution in [2.75, 3.05) is 45.8 Å². The van der Waals surface area contributed by atoms with Gasteiger partial charge in [-0.2, -0.15) is 5.10 Å². The maximum Gasteiger partial charge on any atom is 0.191 e. The molecule has 1 atom stereocenters. The molecule has 0 radical (unpaired) electrons. The monoisotopic (exact) mass is 528 g/mol. The predicted octanol–water partition coefficient (Wildman–Crippen LogP) is 2.66. The molecule has 0 saturated carbocycles. The number of aliphatic imine (C=N–C) groups is 1. The first-order valence-corrected chi connectivity index (χ1v) is 10.1.